The molecule has 1 saturated carbocycles. The average molecular weight is 357 g/mol. The number of ether oxygens (including phenoxy) is 1. The topological polar surface area (TPSA) is 38.3 Å². The van der Waals surface area contributed by atoms with Gasteiger partial charge in [-0.2, -0.15) is 13.2 Å². The lowest BCUT2D eigenvalue weighted by atomic mass is 9.95. The standard InChI is InChI=1S/C19H26F3NO2/c1-4-10-18(12-16(18)19(20,21)22)17(24)23-14-5-7-15(8-6-14)25-11-9-13(2)3/h5-8,13,16H,4,9-12H2,1-3H3,(H,23,24). The smallest absolute Gasteiger partial charge is 0.392 e. The van der Waals surface area contributed by atoms with E-state index in [-0.39, 0.29) is 12.8 Å². The molecule has 1 aromatic rings. The van der Waals surface area contributed by atoms with E-state index in [1.165, 1.54) is 0 Å². The van der Waals surface area contributed by atoms with Crippen molar-refractivity contribution in [3.63, 3.8) is 0 Å². The highest BCUT2D eigenvalue weighted by Crippen LogP contribution is 2.63. The zero-order valence-electron chi connectivity index (χ0n) is 15.0. The summed E-state index contributed by atoms with van der Waals surface area (Å²) in [6.07, 6.45) is -2.70. The number of benzene rings is 1. The number of halogens is 3. The zero-order valence-corrected chi connectivity index (χ0v) is 15.0. The van der Waals surface area contributed by atoms with Gasteiger partial charge in [-0.05, 0) is 49.4 Å². The number of rotatable bonds is 8. The van der Waals surface area contributed by atoms with E-state index in [1.807, 2.05) is 0 Å². The number of anilines is 1. The number of alkyl halides is 3. The van der Waals surface area contributed by atoms with Crippen molar-refractivity contribution in [1.82, 2.24) is 0 Å². The van der Waals surface area contributed by atoms with E-state index < -0.39 is 23.4 Å². The quantitative estimate of drug-likeness (QED) is 0.675. The summed E-state index contributed by atoms with van der Waals surface area (Å²) in [7, 11) is 0. The van der Waals surface area contributed by atoms with E-state index in [0.717, 1.165) is 6.42 Å². The fraction of sp³-hybridized carbons (Fsp3) is 0.632. The molecule has 6 heteroatoms. The molecule has 1 aliphatic carbocycles. The second kappa shape index (κ2) is 7.67. The number of hydrogen-bond acceptors (Lipinski definition) is 2. The molecule has 2 rings (SSSR count). The Morgan fingerprint density at radius 3 is 2.44 bits per heavy atom. The van der Waals surface area contributed by atoms with Gasteiger partial charge in [0.25, 0.3) is 0 Å². The molecule has 140 valence electrons. The van der Waals surface area contributed by atoms with Crippen molar-refractivity contribution in [1.29, 1.82) is 0 Å². The first-order chi connectivity index (χ1) is 11.7. The van der Waals surface area contributed by atoms with Crippen LogP contribution in [0.25, 0.3) is 0 Å². The summed E-state index contributed by atoms with van der Waals surface area (Å²) in [6.45, 7) is 6.63. The third-order valence-electron chi connectivity index (χ3n) is 4.69. The Morgan fingerprint density at radius 2 is 1.96 bits per heavy atom. The highest BCUT2D eigenvalue weighted by atomic mass is 19.4. The van der Waals surface area contributed by atoms with E-state index >= 15 is 0 Å². The Balaban J connectivity index is 1.95. The van der Waals surface area contributed by atoms with Gasteiger partial charge in [0.05, 0.1) is 17.9 Å². The van der Waals surface area contributed by atoms with Crippen molar-refractivity contribution < 1.29 is 22.7 Å². The first-order valence-electron chi connectivity index (χ1n) is 8.80. The molecular weight excluding hydrogens is 331 g/mol. The van der Waals surface area contributed by atoms with Crippen LogP contribution >= 0.6 is 0 Å². The van der Waals surface area contributed by atoms with Crippen LogP contribution in [0.5, 0.6) is 5.75 Å². The molecule has 1 amide bonds. The molecular formula is C19H26F3NO2. The maximum atomic E-state index is 13.0. The lowest BCUT2D eigenvalue weighted by molar-refractivity contribution is -0.160. The minimum atomic E-state index is -4.32. The van der Waals surface area contributed by atoms with Crippen molar-refractivity contribution in [2.75, 3.05) is 11.9 Å². The van der Waals surface area contributed by atoms with Gasteiger partial charge in [-0.3, -0.25) is 4.79 Å². The molecule has 0 bridgehead atoms. The normalized spacial score (nSPS) is 22.8. The molecule has 2 atom stereocenters. The molecule has 1 aromatic carbocycles. The Hall–Kier alpha value is -1.72. The molecule has 1 fully saturated rings. The monoisotopic (exact) mass is 357 g/mol. The minimum absolute atomic E-state index is 0.118. The van der Waals surface area contributed by atoms with Crippen LogP contribution in [0.3, 0.4) is 0 Å². The van der Waals surface area contributed by atoms with Gasteiger partial charge in [0, 0.05) is 5.69 Å². The molecule has 3 nitrogen and oxygen atoms in total. The van der Waals surface area contributed by atoms with E-state index in [0.29, 0.717) is 30.4 Å². The van der Waals surface area contributed by atoms with Gasteiger partial charge in [-0.25, -0.2) is 0 Å². The predicted molar refractivity (Wildman–Crippen MR) is 91.5 cm³/mol. The number of amides is 1. The maximum Gasteiger partial charge on any atom is 0.392 e. The van der Waals surface area contributed by atoms with E-state index in [2.05, 4.69) is 19.2 Å². The summed E-state index contributed by atoms with van der Waals surface area (Å²) in [5, 5.41) is 2.64. The SMILES string of the molecule is CCCC1(C(=O)Nc2ccc(OCCC(C)C)cc2)CC1C(F)(F)F. The summed E-state index contributed by atoms with van der Waals surface area (Å²) in [6, 6.07) is 6.76. The minimum Gasteiger partial charge on any atom is -0.494 e. The van der Waals surface area contributed by atoms with Gasteiger partial charge in [0.2, 0.25) is 5.91 Å². The third-order valence-corrected chi connectivity index (χ3v) is 4.69. The first kappa shape index (κ1) is 19.6. The largest absolute Gasteiger partial charge is 0.494 e. The number of hydrogen-bond donors (Lipinski definition) is 1. The van der Waals surface area contributed by atoms with Crippen LogP contribution < -0.4 is 10.1 Å². The van der Waals surface area contributed by atoms with Crippen molar-refractivity contribution in [3.8, 4) is 5.75 Å². The van der Waals surface area contributed by atoms with Crippen LogP contribution in [0.4, 0.5) is 18.9 Å². The summed E-state index contributed by atoms with van der Waals surface area (Å²) >= 11 is 0. The highest BCUT2D eigenvalue weighted by molar-refractivity contribution is 5.97. The second-order valence-electron chi connectivity index (χ2n) is 7.21. The fourth-order valence-electron chi connectivity index (χ4n) is 3.12. The lowest BCUT2D eigenvalue weighted by Crippen LogP contribution is -2.30. The van der Waals surface area contributed by atoms with Gasteiger partial charge >= 0.3 is 6.18 Å². The molecule has 0 aromatic heterocycles. The van der Waals surface area contributed by atoms with Crippen LogP contribution in [0.15, 0.2) is 24.3 Å². The van der Waals surface area contributed by atoms with Crippen LogP contribution in [0.1, 0.15) is 46.5 Å². The fourth-order valence-corrected chi connectivity index (χ4v) is 3.12. The van der Waals surface area contributed by atoms with E-state index in [1.54, 1.807) is 31.2 Å². The molecule has 2 unspecified atom stereocenters. The van der Waals surface area contributed by atoms with Crippen LogP contribution in [0.2, 0.25) is 0 Å². The predicted octanol–water partition coefficient (Wildman–Crippen LogP) is 5.42. The third kappa shape index (κ3) is 4.89. The lowest BCUT2D eigenvalue weighted by Gasteiger charge is -2.18. The van der Waals surface area contributed by atoms with Crippen LogP contribution in [-0.4, -0.2) is 18.7 Å². The van der Waals surface area contributed by atoms with Crippen LogP contribution in [-0.2, 0) is 4.79 Å². The Kier molecular flexibility index (Phi) is 6.01. The van der Waals surface area contributed by atoms with Crippen molar-refractivity contribution in [2.24, 2.45) is 17.3 Å². The molecule has 25 heavy (non-hydrogen) atoms. The summed E-state index contributed by atoms with van der Waals surface area (Å²) < 4.78 is 44.6. The highest BCUT2D eigenvalue weighted by Gasteiger charge is 2.69. The van der Waals surface area contributed by atoms with Gasteiger partial charge in [-0.15, -0.1) is 0 Å². The summed E-state index contributed by atoms with van der Waals surface area (Å²) in [5.41, 5.74) is -0.816. The molecule has 0 radical (unpaired) electrons. The zero-order chi connectivity index (χ0) is 18.7. The van der Waals surface area contributed by atoms with Crippen LogP contribution in [0, 0.1) is 17.3 Å². The summed E-state index contributed by atoms with van der Waals surface area (Å²) in [5.74, 6) is -0.835. The van der Waals surface area contributed by atoms with Gasteiger partial charge in [0.1, 0.15) is 5.75 Å². The van der Waals surface area contributed by atoms with E-state index in [9.17, 15) is 18.0 Å². The number of nitrogens with one attached hydrogen (secondary N) is 1. The van der Waals surface area contributed by atoms with Gasteiger partial charge < -0.3 is 10.1 Å². The van der Waals surface area contributed by atoms with Crippen molar-refractivity contribution in [3.05, 3.63) is 24.3 Å². The molecule has 0 heterocycles. The molecule has 0 saturated heterocycles. The van der Waals surface area contributed by atoms with E-state index in [4.69, 9.17) is 4.74 Å². The molecule has 0 spiro atoms. The number of carbonyl (C=O) groups excluding carboxylic acids is 1. The maximum absolute atomic E-state index is 13.0. The first-order valence-corrected chi connectivity index (χ1v) is 8.80. The Bertz CT molecular complexity index is 583. The van der Waals surface area contributed by atoms with Gasteiger partial charge in [-0.1, -0.05) is 27.2 Å². The molecule has 0 aliphatic heterocycles. The Morgan fingerprint density at radius 1 is 1.32 bits per heavy atom. The average Bonchev–Trinajstić information content (AvgIpc) is 3.25. The molecule has 1 N–H and O–H groups in total. The van der Waals surface area contributed by atoms with Crippen molar-refractivity contribution >= 4 is 11.6 Å². The number of carbonyl (C=O) groups is 1. The second-order valence-corrected chi connectivity index (χ2v) is 7.21. The molecule has 1 aliphatic rings. The summed E-state index contributed by atoms with van der Waals surface area (Å²) in [4.78, 5) is 12.4. The van der Waals surface area contributed by atoms with Crippen molar-refractivity contribution in [2.45, 2.75) is 52.6 Å². The van der Waals surface area contributed by atoms with Gasteiger partial charge in [0.15, 0.2) is 0 Å². The Labute approximate surface area is 146 Å².